The Balaban J connectivity index is 2.47. The summed E-state index contributed by atoms with van der Waals surface area (Å²) in [7, 11) is 0. The molecule has 0 spiro atoms. The normalized spacial score (nSPS) is 10.9. The van der Waals surface area contributed by atoms with Crippen LogP contribution in [0, 0.1) is 11.3 Å². The molecular formula is C14H13N3. The minimum Gasteiger partial charge on any atom is -0.240 e. The van der Waals surface area contributed by atoms with Crippen LogP contribution in [0.15, 0.2) is 42.6 Å². The van der Waals surface area contributed by atoms with Crippen molar-refractivity contribution in [2.75, 3.05) is 0 Å². The van der Waals surface area contributed by atoms with E-state index in [-0.39, 0.29) is 0 Å². The second-order valence-electron chi connectivity index (χ2n) is 4.37. The Morgan fingerprint density at radius 3 is 2.47 bits per heavy atom. The number of rotatable bonds is 2. The molecule has 1 heterocycles. The van der Waals surface area contributed by atoms with Crippen LogP contribution in [-0.2, 0) is 5.41 Å². The fourth-order valence-corrected chi connectivity index (χ4v) is 1.48. The zero-order valence-corrected chi connectivity index (χ0v) is 9.88. The Labute approximate surface area is 101 Å². The molecule has 1 aromatic carbocycles. The third kappa shape index (κ3) is 2.31. The minimum absolute atomic E-state index is 0.557. The van der Waals surface area contributed by atoms with Crippen molar-refractivity contribution in [3.05, 3.63) is 48.4 Å². The van der Waals surface area contributed by atoms with Crippen LogP contribution in [0.3, 0.4) is 0 Å². The van der Waals surface area contributed by atoms with Crippen LogP contribution in [0.5, 0.6) is 0 Å². The molecular weight excluding hydrogens is 210 g/mol. The van der Waals surface area contributed by atoms with Gasteiger partial charge in [-0.25, -0.2) is 9.97 Å². The maximum absolute atomic E-state index is 9.08. The van der Waals surface area contributed by atoms with Crippen molar-refractivity contribution in [2.45, 2.75) is 19.3 Å². The molecule has 0 aliphatic heterocycles. The van der Waals surface area contributed by atoms with Crippen LogP contribution in [0.2, 0.25) is 0 Å². The summed E-state index contributed by atoms with van der Waals surface area (Å²) in [6.45, 7) is 3.63. The van der Waals surface area contributed by atoms with Gasteiger partial charge in [-0.1, -0.05) is 30.3 Å². The highest BCUT2D eigenvalue weighted by atomic mass is 14.9. The lowest BCUT2D eigenvalue weighted by Gasteiger charge is -2.13. The van der Waals surface area contributed by atoms with Gasteiger partial charge in [0.05, 0.1) is 11.8 Å². The third-order valence-corrected chi connectivity index (χ3v) is 2.56. The zero-order valence-electron chi connectivity index (χ0n) is 9.88. The van der Waals surface area contributed by atoms with Gasteiger partial charge in [-0.05, 0) is 19.9 Å². The monoisotopic (exact) mass is 223 g/mol. The molecule has 3 heteroatoms. The highest BCUT2D eigenvalue weighted by molar-refractivity contribution is 5.58. The largest absolute Gasteiger partial charge is 0.240 e. The first-order valence-corrected chi connectivity index (χ1v) is 5.44. The van der Waals surface area contributed by atoms with Gasteiger partial charge in [0.2, 0.25) is 0 Å². The van der Waals surface area contributed by atoms with Crippen molar-refractivity contribution in [2.24, 2.45) is 0 Å². The average Bonchev–Trinajstić information content (AvgIpc) is 2.40. The van der Waals surface area contributed by atoms with E-state index in [9.17, 15) is 0 Å². The first kappa shape index (κ1) is 11.3. The van der Waals surface area contributed by atoms with Crippen LogP contribution in [0.1, 0.15) is 19.7 Å². The molecule has 2 rings (SSSR count). The average molecular weight is 223 g/mol. The summed E-state index contributed by atoms with van der Waals surface area (Å²) >= 11 is 0. The van der Waals surface area contributed by atoms with E-state index in [2.05, 4.69) is 16.0 Å². The molecule has 0 aliphatic rings. The maximum Gasteiger partial charge on any atom is 0.148 e. The number of hydrogen-bond donors (Lipinski definition) is 0. The smallest absolute Gasteiger partial charge is 0.148 e. The minimum atomic E-state index is -0.662. The topological polar surface area (TPSA) is 49.6 Å². The molecule has 0 saturated carbocycles. The maximum atomic E-state index is 9.08. The molecule has 0 fully saturated rings. The van der Waals surface area contributed by atoms with E-state index in [1.54, 1.807) is 6.20 Å². The summed E-state index contributed by atoms with van der Waals surface area (Å²) in [5, 5.41) is 9.08. The van der Waals surface area contributed by atoms with Gasteiger partial charge in [-0.15, -0.1) is 0 Å². The molecule has 0 atom stereocenters. The van der Waals surface area contributed by atoms with Crippen molar-refractivity contribution in [1.29, 1.82) is 5.26 Å². The van der Waals surface area contributed by atoms with Gasteiger partial charge in [0.1, 0.15) is 11.2 Å². The first-order valence-electron chi connectivity index (χ1n) is 5.44. The predicted octanol–water partition coefficient (Wildman–Crippen LogP) is 2.94. The van der Waals surface area contributed by atoms with E-state index in [4.69, 9.17) is 5.26 Å². The summed E-state index contributed by atoms with van der Waals surface area (Å²) in [5.74, 6) is 0.557. The number of benzene rings is 1. The fourth-order valence-electron chi connectivity index (χ4n) is 1.48. The van der Waals surface area contributed by atoms with Crippen molar-refractivity contribution >= 4 is 0 Å². The lowest BCUT2D eigenvalue weighted by Crippen LogP contribution is -2.18. The molecule has 0 bridgehead atoms. The van der Waals surface area contributed by atoms with E-state index in [0.717, 1.165) is 11.3 Å². The van der Waals surface area contributed by atoms with E-state index >= 15 is 0 Å². The molecule has 1 aromatic heterocycles. The summed E-state index contributed by atoms with van der Waals surface area (Å²) in [5.41, 5.74) is 1.22. The summed E-state index contributed by atoms with van der Waals surface area (Å²) in [4.78, 5) is 8.63. The Bertz CT molecular complexity index is 553. The molecule has 0 N–H and O–H groups in total. The van der Waals surface area contributed by atoms with Crippen molar-refractivity contribution < 1.29 is 0 Å². The molecule has 84 valence electrons. The molecule has 0 amide bonds. The molecule has 0 saturated heterocycles. The van der Waals surface area contributed by atoms with E-state index in [1.807, 2.05) is 50.2 Å². The van der Waals surface area contributed by atoms with Gasteiger partial charge in [0.25, 0.3) is 0 Å². The molecule has 17 heavy (non-hydrogen) atoms. The lowest BCUT2D eigenvalue weighted by atomic mass is 9.94. The Kier molecular flexibility index (Phi) is 2.88. The lowest BCUT2D eigenvalue weighted by molar-refractivity contribution is 0.630. The predicted molar refractivity (Wildman–Crippen MR) is 66.1 cm³/mol. The van der Waals surface area contributed by atoms with Gasteiger partial charge in [0, 0.05) is 11.8 Å². The van der Waals surface area contributed by atoms with Gasteiger partial charge in [-0.2, -0.15) is 5.26 Å². The van der Waals surface area contributed by atoms with Gasteiger partial charge in [0.15, 0.2) is 0 Å². The van der Waals surface area contributed by atoms with E-state index in [1.165, 1.54) is 0 Å². The number of nitriles is 1. The van der Waals surface area contributed by atoms with E-state index in [0.29, 0.717) is 5.82 Å². The second-order valence-corrected chi connectivity index (χ2v) is 4.37. The Morgan fingerprint density at radius 1 is 1.12 bits per heavy atom. The summed E-state index contributed by atoms with van der Waals surface area (Å²) < 4.78 is 0. The molecule has 0 radical (unpaired) electrons. The molecule has 0 aliphatic carbocycles. The number of hydrogen-bond acceptors (Lipinski definition) is 3. The summed E-state index contributed by atoms with van der Waals surface area (Å²) in [6, 6.07) is 13.9. The van der Waals surface area contributed by atoms with Gasteiger partial charge in [-0.3, -0.25) is 0 Å². The first-order chi connectivity index (χ1) is 8.13. The van der Waals surface area contributed by atoms with Crippen LogP contribution in [-0.4, -0.2) is 9.97 Å². The molecule has 2 aromatic rings. The van der Waals surface area contributed by atoms with Crippen molar-refractivity contribution in [3.63, 3.8) is 0 Å². The number of aromatic nitrogens is 2. The SMILES string of the molecule is CC(C)(C#N)c1nccc(-c2ccccc2)n1. The quantitative estimate of drug-likeness (QED) is 0.786. The van der Waals surface area contributed by atoms with Crippen molar-refractivity contribution in [3.8, 4) is 17.3 Å². The second kappa shape index (κ2) is 4.34. The van der Waals surface area contributed by atoms with Crippen LogP contribution in [0.4, 0.5) is 0 Å². The third-order valence-electron chi connectivity index (χ3n) is 2.56. The standard InChI is InChI=1S/C14H13N3/c1-14(2,10-15)13-16-9-8-12(17-13)11-6-4-3-5-7-11/h3-9H,1-2H3. The van der Waals surface area contributed by atoms with Gasteiger partial charge < -0.3 is 0 Å². The van der Waals surface area contributed by atoms with Crippen LogP contribution in [0.25, 0.3) is 11.3 Å². The zero-order chi connectivity index (χ0) is 12.3. The van der Waals surface area contributed by atoms with Crippen LogP contribution >= 0.6 is 0 Å². The molecule has 3 nitrogen and oxygen atoms in total. The Morgan fingerprint density at radius 2 is 1.82 bits per heavy atom. The highest BCUT2D eigenvalue weighted by Gasteiger charge is 2.23. The highest BCUT2D eigenvalue weighted by Crippen LogP contribution is 2.21. The van der Waals surface area contributed by atoms with Crippen LogP contribution < -0.4 is 0 Å². The number of nitrogens with zero attached hydrogens (tertiary/aromatic N) is 3. The summed E-state index contributed by atoms with van der Waals surface area (Å²) in [6.07, 6.45) is 1.70. The molecule has 0 unspecified atom stereocenters. The van der Waals surface area contributed by atoms with Gasteiger partial charge >= 0.3 is 0 Å². The fraction of sp³-hybridized carbons (Fsp3) is 0.214. The van der Waals surface area contributed by atoms with E-state index < -0.39 is 5.41 Å². The Hall–Kier alpha value is -2.21. The van der Waals surface area contributed by atoms with Crippen molar-refractivity contribution in [1.82, 2.24) is 9.97 Å².